The van der Waals surface area contributed by atoms with E-state index < -0.39 is 4.92 Å². The first-order valence-corrected chi connectivity index (χ1v) is 6.08. The highest BCUT2D eigenvalue weighted by atomic mass is 16.6. The van der Waals surface area contributed by atoms with E-state index in [1.54, 1.807) is 12.1 Å². The van der Waals surface area contributed by atoms with E-state index in [1.165, 1.54) is 0 Å². The Kier molecular flexibility index (Phi) is 5.54. The van der Waals surface area contributed by atoms with Crippen molar-refractivity contribution < 1.29 is 4.92 Å². The molecular formula is C12H20N4O2. The van der Waals surface area contributed by atoms with Crippen LogP contribution in [-0.2, 0) is 6.54 Å². The fourth-order valence-electron chi connectivity index (χ4n) is 1.87. The first kappa shape index (κ1) is 14.4. The normalized spacial score (nSPS) is 10.7. The molecule has 0 saturated heterocycles. The lowest BCUT2D eigenvalue weighted by molar-refractivity contribution is -0.384. The van der Waals surface area contributed by atoms with Gasteiger partial charge in [-0.3, -0.25) is 20.9 Å². The lowest BCUT2D eigenvalue weighted by Gasteiger charge is -2.19. The highest BCUT2D eigenvalue weighted by Crippen LogP contribution is 2.25. The zero-order valence-electron chi connectivity index (χ0n) is 10.8. The molecule has 0 aliphatic heterocycles. The molecule has 0 bridgehead atoms. The second-order valence-electron chi connectivity index (χ2n) is 4.12. The van der Waals surface area contributed by atoms with Crippen molar-refractivity contribution in [2.45, 2.75) is 26.8 Å². The maximum absolute atomic E-state index is 10.9. The van der Waals surface area contributed by atoms with E-state index in [1.807, 2.05) is 6.07 Å². The van der Waals surface area contributed by atoms with Crippen molar-refractivity contribution in [1.29, 1.82) is 0 Å². The molecular weight excluding hydrogens is 232 g/mol. The van der Waals surface area contributed by atoms with Crippen molar-refractivity contribution in [2.24, 2.45) is 5.84 Å². The summed E-state index contributed by atoms with van der Waals surface area (Å²) in [5, 5.41) is 10.9. The van der Waals surface area contributed by atoms with E-state index >= 15 is 0 Å². The van der Waals surface area contributed by atoms with Gasteiger partial charge in [-0.05, 0) is 31.1 Å². The van der Waals surface area contributed by atoms with Gasteiger partial charge in [-0.25, -0.2) is 0 Å². The van der Waals surface area contributed by atoms with Gasteiger partial charge >= 0.3 is 0 Å². The molecule has 0 aliphatic rings. The Morgan fingerprint density at radius 2 is 2.17 bits per heavy atom. The molecule has 0 aliphatic carbocycles. The summed E-state index contributed by atoms with van der Waals surface area (Å²) in [6, 6.07) is 5.08. The van der Waals surface area contributed by atoms with Crippen LogP contribution in [0.25, 0.3) is 0 Å². The second kappa shape index (κ2) is 6.93. The molecule has 0 spiro atoms. The fourth-order valence-corrected chi connectivity index (χ4v) is 1.87. The molecule has 6 nitrogen and oxygen atoms in total. The molecule has 6 heteroatoms. The maximum Gasteiger partial charge on any atom is 0.293 e. The quantitative estimate of drug-likeness (QED) is 0.441. The van der Waals surface area contributed by atoms with Gasteiger partial charge in [0.25, 0.3) is 5.69 Å². The van der Waals surface area contributed by atoms with Crippen LogP contribution in [0.1, 0.15) is 25.8 Å². The van der Waals surface area contributed by atoms with Gasteiger partial charge in [0.1, 0.15) is 5.69 Å². The molecule has 0 atom stereocenters. The van der Waals surface area contributed by atoms with Crippen molar-refractivity contribution in [1.82, 2.24) is 4.90 Å². The smallest absolute Gasteiger partial charge is 0.293 e. The number of nitrogen functional groups attached to an aromatic ring is 1. The number of benzene rings is 1. The first-order chi connectivity index (χ1) is 8.62. The monoisotopic (exact) mass is 252 g/mol. The maximum atomic E-state index is 10.9. The van der Waals surface area contributed by atoms with Crippen LogP contribution in [0.5, 0.6) is 0 Å². The summed E-state index contributed by atoms with van der Waals surface area (Å²) in [7, 11) is 0. The largest absolute Gasteiger partial charge is 0.318 e. The third-order valence-corrected chi connectivity index (χ3v) is 2.81. The predicted octanol–water partition coefficient (Wildman–Crippen LogP) is 2.11. The van der Waals surface area contributed by atoms with E-state index in [2.05, 4.69) is 24.2 Å². The van der Waals surface area contributed by atoms with Crippen molar-refractivity contribution in [2.75, 3.05) is 18.5 Å². The van der Waals surface area contributed by atoms with Crippen LogP contribution in [0, 0.1) is 10.1 Å². The van der Waals surface area contributed by atoms with Gasteiger partial charge in [-0.2, -0.15) is 0 Å². The van der Waals surface area contributed by atoms with E-state index in [4.69, 9.17) is 5.84 Å². The number of hydrogen-bond donors (Lipinski definition) is 2. The number of nitro groups is 1. The van der Waals surface area contributed by atoms with Gasteiger partial charge in [0.2, 0.25) is 0 Å². The summed E-state index contributed by atoms with van der Waals surface area (Å²) >= 11 is 0. The minimum atomic E-state index is -0.422. The number of hydrogen-bond acceptors (Lipinski definition) is 5. The molecule has 3 N–H and O–H groups in total. The molecule has 0 radical (unpaired) electrons. The van der Waals surface area contributed by atoms with Crippen LogP contribution in [0.2, 0.25) is 0 Å². The summed E-state index contributed by atoms with van der Waals surface area (Å²) < 4.78 is 0. The molecule has 1 aromatic carbocycles. The van der Waals surface area contributed by atoms with Crippen molar-refractivity contribution in [3.8, 4) is 0 Å². The van der Waals surface area contributed by atoms with E-state index in [0.29, 0.717) is 5.69 Å². The molecule has 1 aromatic rings. The predicted molar refractivity (Wildman–Crippen MR) is 72.1 cm³/mol. The topological polar surface area (TPSA) is 84.4 Å². The van der Waals surface area contributed by atoms with Gasteiger partial charge in [0.05, 0.1) is 4.92 Å². The van der Waals surface area contributed by atoms with Crippen LogP contribution in [0.4, 0.5) is 11.4 Å². The summed E-state index contributed by atoms with van der Waals surface area (Å²) in [6.07, 6.45) is 1.07. The Labute approximate surface area is 107 Å². The number of nitrogens with one attached hydrogen (secondary N) is 1. The molecule has 0 amide bonds. The van der Waals surface area contributed by atoms with Crippen LogP contribution in [-0.4, -0.2) is 22.9 Å². The molecule has 0 unspecified atom stereocenters. The van der Waals surface area contributed by atoms with Crippen LogP contribution < -0.4 is 11.3 Å². The average Bonchev–Trinajstić information content (AvgIpc) is 2.38. The van der Waals surface area contributed by atoms with Crippen molar-refractivity contribution in [3.05, 3.63) is 33.9 Å². The Balaban J connectivity index is 2.90. The molecule has 1 rings (SSSR count). The standard InChI is InChI=1S/C12H20N4O2/c1-3-7-15(4-2)9-10-5-6-11(14-13)12(8-10)16(17)18/h5-6,8,14H,3-4,7,9,13H2,1-2H3. The highest BCUT2D eigenvalue weighted by molar-refractivity contribution is 5.61. The molecule has 18 heavy (non-hydrogen) atoms. The second-order valence-corrected chi connectivity index (χ2v) is 4.12. The summed E-state index contributed by atoms with van der Waals surface area (Å²) in [6.45, 7) is 6.84. The van der Waals surface area contributed by atoms with E-state index in [0.717, 1.165) is 31.6 Å². The van der Waals surface area contributed by atoms with Gasteiger partial charge in [0.15, 0.2) is 0 Å². The number of hydrazine groups is 1. The molecule has 0 saturated carbocycles. The zero-order valence-corrected chi connectivity index (χ0v) is 10.8. The van der Waals surface area contributed by atoms with E-state index in [-0.39, 0.29) is 5.69 Å². The van der Waals surface area contributed by atoms with Crippen LogP contribution in [0.15, 0.2) is 18.2 Å². The number of anilines is 1. The van der Waals surface area contributed by atoms with Crippen LogP contribution in [0.3, 0.4) is 0 Å². The fraction of sp³-hybridized carbons (Fsp3) is 0.500. The molecule has 0 heterocycles. The third kappa shape index (κ3) is 3.68. The van der Waals surface area contributed by atoms with Gasteiger partial charge < -0.3 is 5.43 Å². The molecule has 100 valence electrons. The Morgan fingerprint density at radius 3 is 2.67 bits per heavy atom. The van der Waals surface area contributed by atoms with Gasteiger partial charge in [-0.1, -0.05) is 19.9 Å². The molecule has 0 fully saturated rings. The highest BCUT2D eigenvalue weighted by Gasteiger charge is 2.14. The lowest BCUT2D eigenvalue weighted by Crippen LogP contribution is -2.23. The zero-order chi connectivity index (χ0) is 13.5. The van der Waals surface area contributed by atoms with E-state index in [9.17, 15) is 10.1 Å². The Morgan fingerprint density at radius 1 is 1.44 bits per heavy atom. The summed E-state index contributed by atoms with van der Waals surface area (Å²) in [5.41, 5.74) is 3.62. The Bertz CT molecular complexity index is 409. The summed E-state index contributed by atoms with van der Waals surface area (Å²) in [4.78, 5) is 12.7. The minimum absolute atomic E-state index is 0.0163. The third-order valence-electron chi connectivity index (χ3n) is 2.81. The SMILES string of the molecule is CCCN(CC)Cc1ccc(NN)c([N+](=O)[O-])c1. The van der Waals surface area contributed by atoms with Crippen molar-refractivity contribution in [3.63, 3.8) is 0 Å². The first-order valence-electron chi connectivity index (χ1n) is 6.08. The van der Waals surface area contributed by atoms with Gasteiger partial charge in [-0.15, -0.1) is 0 Å². The lowest BCUT2D eigenvalue weighted by atomic mass is 10.1. The Hall–Kier alpha value is -1.66. The number of rotatable bonds is 7. The average molecular weight is 252 g/mol. The van der Waals surface area contributed by atoms with Gasteiger partial charge in [0, 0.05) is 12.6 Å². The number of nitrogens with zero attached hydrogens (tertiary/aromatic N) is 2. The van der Waals surface area contributed by atoms with Crippen molar-refractivity contribution >= 4 is 11.4 Å². The van der Waals surface area contributed by atoms with Crippen LogP contribution >= 0.6 is 0 Å². The number of nitrogens with two attached hydrogens (primary N) is 1. The molecule has 0 aromatic heterocycles. The number of nitro benzene ring substituents is 1. The minimum Gasteiger partial charge on any atom is -0.318 e. The summed E-state index contributed by atoms with van der Waals surface area (Å²) in [5.74, 6) is 5.25.